The van der Waals surface area contributed by atoms with E-state index in [4.69, 9.17) is 32.7 Å². The van der Waals surface area contributed by atoms with Crippen molar-refractivity contribution in [1.82, 2.24) is 0 Å². The fourth-order valence-electron chi connectivity index (χ4n) is 2.27. The first-order valence-electron chi connectivity index (χ1n) is 7.09. The van der Waals surface area contributed by atoms with Crippen LogP contribution in [-0.2, 0) is 19.1 Å². The first-order chi connectivity index (χ1) is 12.3. The Kier molecular flexibility index (Phi) is 6.07. The number of hydrogen-bond donors (Lipinski definition) is 1. The van der Waals surface area contributed by atoms with Crippen molar-refractivity contribution in [3.63, 3.8) is 0 Å². The van der Waals surface area contributed by atoms with Crippen molar-refractivity contribution in [3.8, 4) is 0 Å². The molecule has 1 N–H and O–H groups in total. The number of allylic oxidation sites excluding steroid dienone is 2. The Morgan fingerprint density at radius 3 is 2.27 bits per heavy atom. The minimum absolute atomic E-state index is 0.0695. The van der Waals surface area contributed by atoms with E-state index in [0.29, 0.717) is 0 Å². The van der Waals surface area contributed by atoms with Gasteiger partial charge in [0.25, 0.3) is 0 Å². The number of carbonyl (C=O) groups is 3. The van der Waals surface area contributed by atoms with Crippen molar-refractivity contribution in [2.24, 2.45) is 0 Å². The van der Waals surface area contributed by atoms with Gasteiger partial charge in [0.1, 0.15) is 5.70 Å². The summed E-state index contributed by atoms with van der Waals surface area (Å²) in [6.07, 6.45) is 5.84. The Labute approximate surface area is 158 Å². The van der Waals surface area contributed by atoms with Crippen molar-refractivity contribution in [2.75, 3.05) is 19.1 Å². The molecule has 1 aliphatic heterocycles. The summed E-state index contributed by atoms with van der Waals surface area (Å²) in [6, 6.07) is 2.75. The summed E-state index contributed by atoms with van der Waals surface area (Å²) in [5, 5.41) is 9.05. The predicted octanol–water partition coefficient (Wildman–Crippen LogP) is 3.18. The molecular weight excluding hydrogens is 385 g/mol. The molecule has 1 aromatic carbocycles. The molecule has 0 saturated carbocycles. The lowest BCUT2D eigenvalue weighted by atomic mass is 10.1. The van der Waals surface area contributed by atoms with Crippen LogP contribution >= 0.6 is 23.2 Å². The second-order valence-electron chi connectivity index (χ2n) is 4.88. The summed E-state index contributed by atoms with van der Waals surface area (Å²) in [6.45, 7) is 0. The minimum atomic E-state index is -1.34. The molecular formula is C17H13Cl2NO6. The smallest absolute Gasteiger partial charge is 0.355 e. The number of halogens is 2. The van der Waals surface area contributed by atoms with Gasteiger partial charge >= 0.3 is 17.9 Å². The average Bonchev–Trinajstić information content (AvgIpc) is 2.83. The van der Waals surface area contributed by atoms with Crippen LogP contribution in [0.5, 0.6) is 0 Å². The fraction of sp³-hybridized carbons (Fsp3) is 0.118. The largest absolute Gasteiger partial charge is 0.478 e. The molecule has 0 aromatic heterocycles. The zero-order valence-corrected chi connectivity index (χ0v) is 15.2. The summed E-state index contributed by atoms with van der Waals surface area (Å²) < 4.78 is 9.47. The Balaban J connectivity index is 2.78. The number of nitrogens with zero attached hydrogens (tertiary/aromatic N) is 1. The topological polar surface area (TPSA) is 93.1 Å². The number of carboxylic acid groups (broad SMARTS) is 1. The number of esters is 2. The standard InChI is InChI=1S/C17H13Cl2NO6/c1-25-16(23)9-5-3-4-8-20(14(9)17(24)26-2)11-7-6-10(18)12(13(11)19)15(21)22/h3-8H,1-2H3,(H,21,22). The third-order valence-corrected chi connectivity index (χ3v) is 4.13. The van der Waals surface area contributed by atoms with Crippen molar-refractivity contribution in [2.45, 2.75) is 0 Å². The Morgan fingerprint density at radius 1 is 1.04 bits per heavy atom. The molecule has 1 heterocycles. The molecule has 0 aliphatic carbocycles. The van der Waals surface area contributed by atoms with E-state index in [2.05, 4.69) is 0 Å². The number of methoxy groups -OCH3 is 2. The lowest BCUT2D eigenvalue weighted by Gasteiger charge is -2.24. The van der Waals surface area contributed by atoms with Crippen LogP contribution in [0.15, 0.2) is 47.8 Å². The number of aromatic carboxylic acids is 1. The van der Waals surface area contributed by atoms with Gasteiger partial charge in [0.15, 0.2) is 0 Å². The van der Waals surface area contributed by atoms with Gasteiger partial charge in [0, 0.05) is 6.20 Å². The Morgan fingerprint density at radius 2 is 1.69 bits per heavy atom. The van der Waals surface area contributed by atoms with Gasteiger partial charge in [-0.05, 0) is 24.3 Å². The van der Waals surface area contributed by atoms with Crippen LogP contribution < -0.4 is 4.90 Å². The first kappa shape index (κ1) is 19.6. The molecule has 0 bridgehead atoms. The summed E-state index contributed by atoms with van der Waals surface area (Å²) >= 11 is 12.1. The van der Waals surface area contributed by atoms with Crippen LogP contribution in [0, 0.1) is 0 Å². The van der Waals surface area contributed by atoms with Crippen LogP contribution in [0.3, 0.4) is 0 Å². The second kappa shape index (κ2) is 8.07. The monoisotopic (exact) mass is 397 g/mol. The normalized spacial score (nSPS) is 13.5. The first-order valence-corrected chi connectivity index (χ1v) is 7.85. The summed E-state index contributed by atoms with van der Waals surface area (Å²) in [5.74, 6) is -2.96. The number of hydrogen-bond acceptors (Lipinski definition) is 6. The van der Waals surface area contributed by atoms with Crippen LogP contribution in [0.4, 0.5) is 5.69 Å². The highest BCUT2D eigenvalue weighted by molar-refractivity contribution is 6.41. The maximum atomic E-state index is 12.3. The zero-order valence-electron chi connectivity index (χ0n) is 13.7. The maximum absolute atomic E-state index is 12.3. The van der Waals surface area contributed by atoms with Crippen molar-refractivity contribution in [3.05, 3.63) is 63.4 Å². The number of benzene rings is 1. The molecule has 136 valence electrons. The molecule has 0 spiro atoms. The van der Waals surface area contributed by atoms with Gasteiger partial charge in [0.05, 0.1) is 41.1 Å². The molecule has 26 heavy (non-hydrogen) atoms. The molecule has 0 fully saturated rings. The number of carboxylic acids is 1. The van der Waals surface area contributed by atoms with Crippen molar-refractivity contribution >= 4 is 46.8 Å². The highest BCUT2D eigenvalue weighted by Crippen LogP contribution is 2.37. The SMILES string of the molecule is COC(=O)C1=C(C(=O)OC)N(c2ccc(Cl)c(C(=O)O)c2Cl)C=CC=C1. The Bertz CT molecular complexity index is 872. The molecule has 0 amide bonds. The molecule has 0 atom stereocenters. The lowest BCUT2D eigenvalue weighted by molar-refractivity contribution is -0.139. The van der Waals surface area contributed by atoms with Gasteiger partial charge < -0.3 is 19.5 Å². The average molecular weight is 398 g/mol. The predicted molar refractivity (Wildman–Crippen MR) is 95.2 cm³/mol. The molecule has 1 aliphatic rings. The highest BCUT2D eigenvalue weighted by atomic mass is 35.5. The van der Waals surface area contributed by atoms with E-state index in [1.165, 1.54) is 48.6 Å². The van der Waals surface area contributed by atoms with Crippen LogP contribution in [0.1, 0.15) is 10.4 Å². The van der Waals surface area contributed by atoms with Gasteiger partial charge in [-0.2, -0.15) is 0 Å². The van der Waals surface area contributed by atoms with Gasteiger partial charge in [-0.25, -0.2) is 14.4 Å². The van der Waals surface area contributed by atoms with Crippen molar-refractivity contribution < 1.29 is 29.0 Å². The Hall–Kier alpha value is -2.77. The minimum Gasteiger partial charge on any atom is -0.478 e. The summed E-state index contributed by atoms with van der Waals surface area (Å²) in [7, 11) is 2.31. The number of anilines is 1. The van der Waals surface area contributed by atoms with E-state index >= 15 is 0 Å². The lowest BCUT2D eigenvalue weighted by Crippen LogP contribution is -2.27. The molecule has 1 aromatic rings. The van der Waals surface area contributed by atoms with E-state index in [-0.39, 0.29) is 32.6 Å². The van der Waals surface area contributed by atoms with E-state index in [1.807, 2.05) is 0 Å². The molecule has 0 saturated heterocycles. The third-order valence-electron chi connectivity index (χ3n) is 3.43. The van der Waals surface area contributed by atoms with E-state index < -0.39 is 17.9 Å². The fourth-order valence-corrected chi connectivity index (χ4v) is 2.90. The van der Waals surface area contributed by atoms with Gasteiger partial charge in [-0.15, -0.1) is 0 Å². The van der Waals surface area contributed by atoms with E-state index in [0.717, 1.165) is 7.11 Å². The van der Waals surface area contributed by atoms with Crippen LogP contribution in [0.25, 0.3) is 0 Å². The molecule has 0 unspecified atom stereocenters. The maximum Gasteiger partial charge on any atom is 0.355 e. The molecule has 7 nitrogen and oxygen atoms in total. The number of ether oxygens (including phenoxy) is 2. The summed E-state index contributed by atoms with van der Waals surface area (Å²) in [4.78, 5) is 37.1. The van der Waals surface area contributed by atoms with Crippen molar-refractivity contribution in [1.29, 1.82) is 0 Å². The third kappa shape index (κ3) is 3.58. The molecule has 9 heteroatoms. The van der Waals surface area contributed by atoms with Gasteiger partial charge in [0.2, 0.25) is 0 Å². The van der Waals surface area contributed by atoms with E-state index in [9.17, 15) is 19.5 Å². The summed E-state index contributed by atoms with van der Waals surface area (Å²) in [5.41, 5.74) is -0.493. The zero-order chi connectivity index (χ0) is 19.4. The quantitative estimate of drug-likeness (QED) is 0.779. The highest BCUT2D eigenvalue weighted by Gasteiger charge is 2.30. The van der Waals surface area contributed by atoms with Crippen LogP contribution in [-0.4, -0.2) is 37.2 Å². The van der Waals surface area contributed by atoms with Gasteiger partial charge in [-0.3, -0.25) is 0 Å². The van der Waals surface area contributed by atoms with Gasteiger partial charge in [-0.1, -0.05) is 29.3 Å². The number of carbonyl (C=O) groups excluding carboxylic acids is 2. The molecule has 0 radical (unpaired) electrons. The molecule has 2 rings (SSSR count). The number of rotatable bonds is 4. The van der Waals surface area contributed by atoms with Crippen LogP contribution in [0.2, 0.25) is 10.0 Å². The van der Waals surface area contributed by atoms with E-state index in [1.54, 1.807) is 0 Å². The second-order valence-corrected chi connectivity index (χ2v) is 5.66.